The number of pyridine rings is 1. The molecule has 6 rings (SSSR count). The first kappa shape index (κ1) is 25.1. The molecule has 3 aromatic rings. The summed E-state index contributed by atoms with van der Waals surface area (Å²) in [6, 6.07) is 4.11. The Morgan fingerprint density at radius 2 is 1.87 bits per heavy atom. The van der Waals surface area contributed by atoms with Gasteiger partial charge in [0.05, 0.1) is 23.0 Å². The summed E-state index contributed by atoms with van der Waals surface area (Å²) in [7, 11) is 0. The standard InChI is InChI=1S/C30H35F2N5O/c31-30(32)13-10-20(11-14-30)17-33-29-34-18-24-23(8-5-9-26(24)36-29)22-12-15-37-27(16-22)25(19-35-37)28(38)21-6-3-1-2-4-7-21/h8,12,15-16,18-21H,1-7,9-11,13-14,17H2,(H,33,34,36). The summed E-state index contributed by atoms with van der Waals surface area (Å²) >= 11 is 0. The minimum absolute atomic E-state index is 0.0337. The third kappa shape index (κ3) is 5.22. The number of anilines is 1. The molecule has 200 valence electrons. The van der Waals surface area contributed by atoms with Crippen LogP contribution in [0.2, 0.25) is 0 Å². The number of alkyl halides is 2. The van der Waals surface area contributed by atoms with E-state index in [0.717, 1.165) is 66.4 Å². The highest BCUT2D eigenvalue weighted by Gasteiger charge is 2.34. The van der Waals surface area contributed by atoms with Gasteiger partial charge in [-0.05, 0) is 67.7 Å². The number of nitrogens with one attached hydrogen (secondary N) is 1. The lowest BCUT2D eigenvalue weighted by molar-refractivity contribution is -0.0443. The van der Waals surface area contributed by atoms with Crippen LogP contribution in [0.3, 0.4) is 0 Å². The zero-order valence-corrected chi connectivity index (χ0v) is 21.8. The van der Waals surface area contributed by atoms with E-state index in [9.17, 15) is 13.6 Å². The summed E-state index contributed by atoms with van der Waals surface area (Å²) in [6.45, 7) is 0.618. The summed E-state index contributed by atoms with van der Waals surface area (Å²) in [5, 5.41) is 7.76. The molecule has 0 unspecified atom stereocenters. The molecule has 0 bridgehead atoms. The highest BCUT2D eigenvalue weighted by atomic mass is 19.3. The fourth-order valence-electron chi connectivity index (χ4n) is 6.29. The van der Waals surface area contributed by atoms with Gasteiger partial charge in [0, 0.05) is 43.3 Å². The number of halogens is 2. The van der Waals surface area contributed by atoms with Gasteiger partial charge in [0.15, 0.2) is 5.78 Å². The zero-order valence-electron chi connectivity index (χ0n) is 21.8. The van der Waals surface area contributed by atoms with Crippen LogP contribution < -0.4 is 5.32 Å². The molecule has 6 nitrogen and oxygen atoms in total. The maximum absolute atomic E-state index is 13.5. The number of allylic oxidation sites excluding steroid dienone is 1. The van der Waals surface area contributed by atoms with E-state index in [0.29, 0.717) is 30.9 Å². The number of aromatic nitrogens is 4. The second-order valence-corrected chi connectivity index (χ2v) is 11.2. The predicted octanol–water partition coefficient (Wildman–Crippen LogP) is 6.89. The molecule has 1 N–H and O–H groups in total. The van der Waals surface area contributed by atoms with Crippen molar-refractivity contribution in [2.75, 3.05) is 11.9 Å². The Hall–Kier alpha value is -3.16. The minimum atomic E-state index is -2.51. The third-order valence-corrected chi connectivity index (χ3v) is 8.60. The van der Waals surface area contributed by atoms with Crippen LogP contribution in [-0.2, 0) is 6.42 Å². The Morgan fingerprint density at radius 3 is 2.66 bits per heavy atom. The third-order valence-electron chi connectivity index (χ3n) is 8.60. The van der Waals surface area contributed by atoms with Crippen molar-refractivity contribution >= 4 is 22.8 Å². The summed E-state index contributed by atoms with van der Waals surface area (Å²) in [5.74, 6) is -1.41. The molecule has 3 aliphatic rings. The SMILES string of the molecule is O=C(c1cnn2ccc(C3=CCCc4nc(NCC5CCC(F)(F)CC5)ncc43)cc12)C1CCCCCC1. The number of carbonyl (C=O) groups is 1. The van der Waals surface area contributed by atoms with Crippen LogP contribution in [0, 0.1) is 11.8 Å². The average Bonchev–Trinajstić information content (AvgIpc) is 3.15. The number of ketones is 1. The molecule has 0 amide bonds. The molecule has 3 aromatic heterocycles. The first-order valence-corrected chi connectivity index (χ1v) is 14.2. The van der Waals surface area contributed by atoms with E-state index < -0.39 is 5.92 Å². The van der Waals surface area contributed by atoms with Crippen molar-refractivity contribution in [1.82, 2.24) is 19.6 Å². The van der Waals surface area contributed by atoms with E-state index >= 15 is 0 Å². The fraction of sp³-hybridized carbons (Fsp3) is 0.533. The van der Waals surface area contributed by atoms with Crippen molar-refractivity contribution in [3.05, 3.63) is 59.2 Å². The van der Waals surface area contributed by atoms with Gasteiger partial charge in [0.1, 0.15) is 0 Å². The maximum atomic E-state index is 13.5. The number of nitrogens with zero attached hydrogens (tertiary/aromatic N) is 4. The van der Waals surface area contributed by atoms with E-state index in [1.807, 2.05) is 18.5 Å². The van der Waals surface area contributed by atoms with Gasteiger partial charge in [0.2, 0.25) is 11.9 Å². The number of aryl methyl sites for hydroxylation is 1. The number of carbonyl (C=O) groups excluding carboxylic acids is 1. The molecule has 2 saturated carbocycles. The van der Waals surface area contributed by atoms with E-state index in [-0.39, 0.29) is 30.5 Å². The molecular formula is C30H35F2N5O. The van der Waals surface area contributed by atoms with E-state index in [1.165, 1.54) is 12.8 Å². The maximum Gasteiger partial charge on any atom is 0.248 e. The van der Waals surface area contributed by atoms with Crippen molar-refractivity contribution in [1.29, 1.82) is 0 Å². The van der Waals surface area contributed by atoms with Crippen LogP contribution in [0.4, 0.5) is 14.7 Å². The van der Waals surface area contributed by atoms with Crippen LogP contribution in [0.15, 0.2) is 36.8 Å². The quantitative estimate of drug-likeness (QED) is 0.284. The lowest BCUT2D eigenvalue weighted by atomic mass is 9.87. The summed E-state index contributed by atoms with van der Waals surface area (Å²) in [4.78, 5) is 22.8. The van der Waals surface area contributed by atoms with Crippen LogP contribution >= 0.6 is 0 Å². The van der Waals surface area contributed by atoms with E-state index in [2.05, 4.69) is 27.5 Å². The minimum Gasteiger partial charge on any atom is -0.354 e. The van der Waals surface area contributed by atoms with E-state index in [1.54, 1.807) is 10.7 Å². The van der Waals surface area contributed by atoms with Gasteiger partial charge >= 0.3 is 0 Å². The Labute approximate surface area is 222 Å². The Kier molecular flexibility index (Phi) is 6.97. The van der Waals surface area contributed by atoms with Gasteiger partial charge in [-0.3, -0.25) is 4.79 Å². The monoisotopic (exact) mass is 519 g/mol. The molecule has 0 atom stereocenters. The van der Waals surface area contributed by atoms with Gasteiger partial charge in [0.25, 0.3) is 0 Å². The molecule has 2 fully saturated rings. The Balaban J connectivity index is 1.20. The second-order valence-electron chi connectivity index (χ2n) is 11.2. The molecule has 0 radical (unpaired) electrons. The van der Waals surface area contributed by atoms with Crippen molar-refractivity contribution < 1.29 is 13.6 Å². The number of fused-ring (bicyclic) bond motifs is 2. The largest absolute Gasteiger partial charge is 0.354 e. The molecule has 38 heavy (non-hydrogen) atoms. The molecule has 0 aliphatic heterocycles. The van der Waals surface area contributed by atoms with Crippen LogP contribution in [0.5, 0.6) is 0 Å². The second kappa shape index (κ2) is 10.5. The zero-order chi connectivity index (χ0) is 26.1. The average molecular weight is 520 g/mol. The highest BCUT2D eigenvalue weighted by Crippen LogP contribution is 2.36. The molecular weight excluding hydrogens is 484 g/mol. The first-order valence-electron chi connectivity index (χ1n) is 14.2. The van der Waals surface area contributed by atoms with Crippen LogP contribution in [0.25, 0.3) is 11.1 Å². The topological polar surface area (TPSA) is 72.2 Å². The summed E-state index contributed by atoms with van der Waals surface area (Å²) in [5.41, 5.74) is 5.65. The van der Waals surface area contributed by atoms with Gasteiger partial charge < -0.3 is 5.32 Å². The van der Waals surface area contributed by atoms with Crippen molar-refractivity contribution in [3.8, 4) is 0 Å². The predicted molar refractivity (Wildman–Crippen MR) is 144 cm³/mol. The summed E-state index contributed by atoms with van der Waals surface area (Å²) < 4.78 is 28.7. The molecule has 0 spiro atoms. The lowest BCUT2D eigenvalue weighted by Crippen LogP contribution is -2.28. The lowest BCUT2D eigenvalue weighted by Gasteiger charge is -2.28. The Morgan fingerprint density at radius 1 is 1.08 bits per heavy atom. The van der Waals surface area contributed by atoms with Crippen LogP contribution in [0.1, 0.15) is 97.8 Å². The molecule has 3 heterocycles. The van der Waals surface area contributed by atoms with Crippen LogP contribution in [-0.4, -0.2) is 37.8 Å². The van der Waals surface area contributed by atoms with E-state index in [4.69, 9.17) is 4.98 Å². The fourth-order valence-corrected chi connectivity index (χ4v) is 6.29. The first-order chi connectivity index (χ1) is 18.5. The number of rotatable bonds is 6. The van der Waals surface area contributed by atoms with Gasteiger partial charge in [-0.25, -0.2) is 23.3 Å². The molecule has 0 aromatic carbocycles. The van der Waals surface area contributed by atoms with Crippen molar-refractivity contribution in [2.24, 2.45) is 11.8 Å². The molecule has 3 aliphatic carbocycles. The smallest absolute Gasteiger partial charge is 0.248 e. The number of hydrogen-bond donors (Lipinski definition) is 1. The highest BCUT2D eigenvalue weighted by molar-refractivity contribution is 6.04. The molecule has 8 heteroatoms. The van der Waals surface area contributed by atoms with Gasteiger partial charge in [-0.2, -0.15) is 5.10 Å². The van der Waals surface area contributed by atoms with Crippen molar-refractivity contribution in [3.63, 3.8) is 0 Å². The number of hydrogen-bond acceptors (Lipinski definition) is 5. The Bertz CT molecular complexity index is 1350. The van der Waals surface area contributed by atoms with Gasteiger partial charge in [-0.1, -0.05) is 31.8 Å². The number of Topliss-reactive ketones (excluding diaryl/α,β-unsaturated/α-hetero) is 1. The normalized spacial score (nSPS) is 20.5. The summed E-state index contributed by atoms with van der Waals surface area (Å²) in [6.07, 6.45) is 17.0. The van der Waals surface area contributed by atoms with Gasteiger partial charge in [-0.15, -0.1) is 0 Å². The molecule has 0 saturated heterocycles. The van der Waals surface area contributed by atoms with Crippen molar-refractivity contribution in [2.45, 2.75) is 83.0 Å².